The molecule has 1 amide bonds. The van der Waals surface area contributed by atoms with Gasteiger partial charge in [-0.25, -0.2) is 4.39 Å². The van der Waals surface area contributed by atoms with Gasteiger partial charge in [-0.05, 0) is 50.3 Å². The van der Waals surface area contributed by atoms with Gasteiger partial charge in [-0.2, -0.15) is 0 Å². The summed E-state index contributed by atoms with van der Waals surface area (Å²) in [4.78, 5) is 18.5. The van der Waals surface area contributed by atoms with E-state index >= 15 is 0 Å². The Morgan fingerprint density at radius 2 is 2.14 bits per heavy atom. The molecule has 1 unspecified atom stereocenters. The number of halogens is 1. The average Bonchev–Trinajstić information content (AvgIpc) is 2.74. The molecule has 29 heavy (non-hydrogen) atoms. The molecule has 3 rings (SSSR count). The Labute approximate surface area is 171 Å². The van der Waals surface area contributed by atoms with Crippen LogP contribution in [-0.2, 0) is 14.3 Å². The van der Waals surface area contributed by atoms with Gasteiger partial charge >= 0.3 is 0 Å². The van der Waals surface area contributed by atoms with Gasteiger partial charge < -0.3 is 25.0 Å². The Kier molecular flexibility index (Phi) is 8.25. The van der Waals surface area contributed by atoms with E-state index in [-0.39, 0.29) is 30.5 Å². The highest BCUT2D eigenvalue weighted by Crippen LogP contribution is 2.18. The molecule has 7 nitrogen and oxygen atoms in total. The number of carbonyl (C=O) groups is 1. The number of hydrogen-bond donors (Lipinski definition) is 2. The minimum absolute atomic E-state index is 0.0681. The largest absolute Gasteiger partial charge is 0.376 e. The Hall–Kier alpha value is -2.19. The summed E-state index contributed by atoms with van der Waals surface area (Å²) in [5, 5.41) is 5.75. The van der Waals surface area contributed by atoms with Crippen molar-refractivity contribution in [2.45, 2.75) is 44.3 Å². The van der Waals surface area contributed by atoms with Crippen molar-refractivity contribution in [3.8, 4) is 0 Å². The van der Waals surface area contributed by atoms with E-state index in [0.717, 1.165) is 45.4 Å². The van der Waals surface area contributed by atoms with Crippen LogP contribution in [0.2, 0.25) is 0 Å². The second-order valence-corrected chi connectivity index (χ2v) is 7.47. The van der Waals surface area contributed by atoms with Gasteiger partial charge in [0.2, 0.25) is 5.91 Å². The maximum Gasteiger partial charge on any atom is 0.243 e. The highest BCUT2D eigenvalue weighted by atomic mass is 19.1. The van der Waals surface area contributed by atoms with Gasteiger partial charge in [-0.1, -0.05) is 6.07 Å². The first-order valence-electron chi connectivity index (χ1n) is 10.4. The first-order chi connectivity index (χ1) is 14.1. The fourth-order valence-corrected chi connectivity index (χ4v) is 3.68. The molecule has 2 aliphatic heterocycles. The van der Waals surface area contributed by atoms with Gasteiger partial charge in [0.05, 0.1) is 25.4 Å². The highest BCUT2D eigenvalue weighted by Gasteiger charge is 2.24. The van der Waals surface area contributed by atoms with Crippen molar-refractivity contribution in [3.05, 3.63) is 30.1 Å². The van der Waals surface area contributed by atoms with E-state index in [2.05, 4.69) is 20.5 Å². The molecule has 2 heterocycles. The average molecular weight is 407 g/mol. The number of nitrogens with zero attached hydrogens (tertiary/aromatic N) is 2. The van der Waals surface area contributed by atoms with E-state index in [4.69, 9.17) is 9.47 Å². The van der Waals surface area contributed by atoms with Crippen LogP contribution in [0.5, 0.6) is 0 Å². The van der Waals surface area contributed by atoms with E-state index in [9.17, 15) is 9.18 Å². The van der Waals surface area contributed by atoms with Crippen molar-refractivity contribution in [2.75, 3.05) is 45.2 Å². The van der Waals surface area contributed by atoms with Crippen LogP contribution >= 0.6 is 0 Å². The quantitative estimate of drug-likeness (QED) is 0.561. The molecule has 2 fully saturated rings. The van der Waals surface area contributed by atoms with Crippen molar-refractivity contribution >= 4 is 17.6 Å². The SMILES string of the molecule is CN=C(NCC(=O)Nc1cccc(F)c1)N1CCC(OCC2CCCCO2)CC1. The monoisotopic (exact) mass is 406 g/mol. The zero-order valence-electron chi connectivity index (χ0n) is 17.0. The fraction of sp³-hybridized carbons (Fsp3) is 0.619. The number of likely N-dealkylation sites (tertiary alicyclic amines) is 1. The van der Waals surface area contributed by atoms with Crippen molar-refractivity contribution in [1.82, 2.24) is 10.2 Å². The second kappa shape index (κ2) is 11.1. The second-order valence-electron chi connectivity index (χ2n) is 7.47. The predicted molar refractivity (Wildman–Crippen MR) is 111 cm³/mol. The van der Waals surface area contributed by atoms with Gasteiger partial charge in [0.25, 0.3) is 0 Å². The van der Waals surface area contributed by atoms with Crippen LogP contribution in [0.4, 0.5) is 10.1 Å². The van der Waals surface area contributed by atoms with Crippen LogP contribution in [0, 0.1) is 5.82 Å². The number of ether oxygens (including phenoxy) is 2. The van der Waals surface area contributed by atoms with E-state index < -0.39 is 0 Å². The van der Waals surface area contributed by atoms with Crippen LogP contribution in [-0.4, -0.2) is 68.9 Å². The van der Waals surface area contributed by atoms with Gasteiger partial charge in [0.15, 0.2) is 5.96 Å². The molecule has 160 valence electrons. The topological polar surface area (TPSA) is 75.2 Å². The number of amides is 1. The van der Waals surface area contributed by atoms with E-state index in [1.165, 1.54) is 18.6 Å². The summed E-state index contributed by atoms with van der Waals surface area (Å²) in [5.74, 6) is 0.0580. The highest BCUT2D eigenvalue weighted by molar-refractivity contribution is 5.95. The number of guanidine groups is 1. The Bertz CT molecular complexity index is 686. The molecule has 0 aromatic heterocycles. The number of piperidine rings is 1. The molecule has 2 aliphatic rings. The normalized spacial score (nSPS) is 21.1. The molecule has 1 aromatic carbocycles. The van der Waals surface area contributed by atoms with Gasteiger partial charge in [0, 0.05) is 32.4 Å². The summed E-state index contributed by atoms with van der Waals surface area (Å²) in [7, 11) is 1.70. The zero-order valence-corrected chi connectivity index (χ0v) is 17.0. The molecular weight excluding hydrogens is 375 g/mol. The summed E-state index contributed by atoms with van der Waals surface area (Å²) in [5.41, 5.74) is 0.437. The third-order valence-corrected chi connectivity index (χ3v) is 5.26. The van der Waals surface area contributed by atoms with Crippen LogP contribution in [0.15, 0.2) is 29.3 Å². The fourth-order valence-electron chi connectivity index (χ4n) is 3.68. The summed E-state index contributed by atoms with van der Waals surface area (Å²) in [6.07, 6.45) is 5.79. The third kappa shape index (κ3) is 6.97. The lowest BCUT2D eigenvalue weighted by atomic mass is 10.1. The Morgan fingerprint density at radius 1 is 1.31 bits per heavy atom. The van der Waals surface area contributed by atoms with Crippen LogP contribution in [0.25, 0.3) is 0 Å². The number of rotatable bonds is 6. The van der Waals surface area contributed by atoms with Crippen LogP contribution in [0.1, 0.15) is 32.1 Å². The number of benzene rings is 1. The molecule has 1 atom stereocenters. The molecule has 0 spiro atoms. The molecule has 0 radical (unpaired) electrons. The summed E-state index contributed by atoms with van der Waals surface area (Å²) < 4.78 is 25.0. The number of aliphatic imine (C=N–C) groups is 1. The standard InChI is InChI=1S/C21H31FN4O3/c1-23-21(24-14-20(27)25-17-6-4-5-16(22)13-17)26-10-8-18(9-11-26)29-15-19-7-2-3-12-28-19/h4-6,13,18-19H,2-3,7-12,14-15H2,1H3,(H,23,24)(H,25,27). The molecule has 0 saturated carbocycles. The molecule has 2 N–H and O–H groups in total. The minimum atomic E-state index is -0.383. The van der Waals surface area contributed by atoms with Crippen molar-refractivity contribution in [1.29, 1.82) is 0 Å². The Balaban J connectivity index is 1.36. The number of carbonyl (C=O) groups excluding carboxylic acids is 1. The maximum atomic E-state index is 13.2. The van der Waals surface area contributed by atoms with E-state index in [0.29, 0.717) is 18.3 Å². The first-order valence-corrected chi connectivity index (χ1v) is 10.4. The lowest BCUT2D eigenvalue weighted by molar-refractivity contribution is -0.115. The summed E-state index contributed by atoms with van der Waals surface area (Å²) in [6, 6.07) is 5.84. The van der Waals surface area contributed by atoms with Crippen molar-refractivity contribution in [2.24, 2.45) is 4.99 Å². The predicted octanol–water partition coefficient (Wildman–Crippen LogP) is 2.39. The van der Waals surface area contributed by atoms with Gasteiger partial charge in [-0.3, -0.25) is 9.79 Å². The van der Waals surface area contributed by atoms with E-state index in [1.807, 2.05) is 0 Å². The van der Waals surface area contributed by atoms with E-state index in [1.54, 1.807) is 19.2 Å². The van der Waals surface area contributed by atoms with Crippen LogP contribution in [0.3, 0.4) is 0 Å². The molecule has 2 saturated heterocycles. The van der Waals surface area contributed by atoms with Gasteiger partial charge in [-0.15, -0.1) is 0 Å². The molecule has 0 bridgehead atoms. The molecule has 1 aromatic rings. The van der Waals surface area contributed by atoms with Crippen molar-refractivity contribution < 1.29 is 18.7 Å². The maximum absolute atomic E-state index is 13.2. The summed E-state index contributed by atoms with van der Waals surface area (Å²) >= 11 is 0. The van der Waals surface area contributed by atoms with Crippen molar-refractivity contribution in [3.63, 3.8) is 0 Å². The molecule has 8 heteroatoms. The first kappa shape index (κ1) is 21.5. The molecular formula is C21H31FN4O3. The smallest absolute Gasteiger partial charge is 0.243 e. The summed E-state index contributed by atoms with van der Waals surface area (Å²) in [6.45, 7) is 3.24. The Morgan fingerprint density at radius 3 is 2.83 bits per heavy atom. The lowest BCUT2D eigenvalue weighted by Crippen LogP contribution is -2.48. The third-order valence-electron chi connectivity index (χ3n) is 5.26. The zero-order chi connectivity index (χ0) is 20.5. The van der Waals surface area contributed by atoms with Gasteiger partial charge in [0.1, 0.15) is 5.82 Å². The van der Waals surface area contributed by atoms with Crippen LogP contribution < -0.4 is 10.6 Å². The minimum Gasteiger partial charge on any atom is -0.376 e. The number of hydrogen-bond acceptors (Lipinski definition) is 4. The lowest BCUT2D eigenvalue weighted by Gasteiger charge is -2.35. The number of anilines is 1. The molecule has 0 aliphatic carbocycles. The number of nitrogens with one attached hydrogen (secondary N) is 2.